The molecule has 0 saturated heterocycles. The summed E-state index contributed by atoms with van der Waals surface area (Å²) in [4.78, 5) is 14.4. The van der Waals surface area contributed by atoms with E-state index in [1.165, 1.54) is 0 Å². The molecule has 1 atom stereocenters. The highest BCUT2D eigenvalue weighted by atomic mass is 79.9. The van der Waals surface area contributed by atoms with E-state index in [1.807, 2.05) is 61.3 Å². The minimum Gasteiger partial charge on any atom is -0.486 e. The molecule has 1 heterocycles. The van der Waals surface area contributed by atoms with Crippen LogP contribution in [-0.2, 0) is 4.79 Å². The molecule has 5 nitrogen and oxygen atoms in total. The summed E-state index contributed by atoms with van der Waals surface area (Å²) in [6.45, 7) is 2.97. The molecule has 1 amide bonds. The van der Waals surface area contributed by atoms with Gasteiger partial charge < -0.3 is 19.7 Å². The largest absolute Gasteiger partial charge is 0.486 e. The van der Waals surface area contributed by atoms with E-state index in [0.717, 1.165) is 21.6 Å². The maximum absolute atomic E-state index is 12.5. The molecule has 0 aliphatic carbocycles. The quantitative estimate of drug-likeness (QED) is 0.864. The zero-order valence-corrected chi connectivity index (χ0v) is 15.2. The molecule has 2 aromatic rings. The molecule has 0 spiro atoms. The molecule has 0 aromatic heterocycles. The predicted octanol–water partition coefficient (Wildman–Crippen LogP) is 3.68. The fourth-order valence-corrected chi connectivity index (χ4v) is 2.70. The van der Waals surface area contributed by atoms with E-state index in [1.54, 1.807) is 0 Å². The normalized spacial score (nSPS) is 14.0. The predicted molar refractivity (Wildman–Crippen MR) is 98.1 cm³/mol. The Morgan fingerprint density at radius 1 is 1.12 bits per heavy atom. The SMILES string of the molecule is CC(C(=O)Nc1ccc(Br)cc1)N(C)c1ccc2c(c1)OCCO2. The molecule has 0 radical (unpaired) electrons. The number of carbonyl (C=O) groups excluding carboxylic acids is 1. The maximum atomic E-state index is 12.5. The lowest BCUT2D eigenvalue weighted by molar-refractivity contribution is -0.117. The number of hydrogen-bond donors (Lipinski definition) is 1. The van der Waals surface area contributed by atoms with Gasteiger partial charge in [-0.25, -0.2) is 0 Å². The highest BCUT2D eigenvalue weighted by Crippen LogP contribution is 2.34. The summed E-state index contributed by atoms with van der Waals surface area (Å²) in [7, 11) is 1.89. The van der Waals surface area contributed by atoms with Gasteiger partial charge in [-0.05, 0) is 43.3 Å². The van der Waals surface area contributed by atoms with Crippen LogP contribution in [0, 0.1) is 0 Å². The van der Waals surface area contributed by atoms with E-state index in [0.29, 0.717) is 19.0 Å². The Morgan fingerprint density at radius 3 is 2.50 bits per heavy atom. The van der Waals surface area contributed by atoms with Crippen LogP contribution in [0.1, 0.15) is 6.92 Å². The number of hydrogen-bond acceptors (Lipinski definition) is 4. The van der Waals surface area contributed by atoms with Gasteiger partial charge in [0.05, 0.1) is 0 Å². The van der Waals surface area contributed by atoms with Gasteiger partial charge in [0.1, 0.15) is 19.3 Å². The lowest BCUT2D eigenvalue weighted by Crippen LogP contribution is -2.39. The van der Waals surface area contributed by atoms with Crippen molar-refractivity contribution in [2.75, 3.05) is 30.5 Å². The van der Waals surface area contributed by atoms with Crippen LogP contribution >= 0.6 is 15.9 Å². The molecular weight excluding hydrogens is 372 g/mol. The van der Waals surface area contributed by atoms with Crippen molar-refractivity contribution >= 4 is 33.2 Å². The fourth-order valence-electron chi connectivity index (χ4n) is 2.43. The summed E-state index contributed by atoms with van der Waals surface area (Å²) >= 11 is 3.38. The number of benzene rings is 2. The molecule has 1 unspecified atom stereocenters. The van der Waals surface area contributed by atoms with Gasteiger partial charge in [-0.1, -0.05) is 15.9 Å². The molecule has 6 heteroatoms. The minimum atomic E-state index is -0.337. The van der Waals surface area contributed by atoms with E-state index >= 15 is 0 Å². The first-order valence-corrected chi connectivity index (χ1v) is 8.53. The first-order chi connectivity index (χ1) is 11.5. The highest BCUT2D eigenvalue weighted by molar-refractivity contribution is 9.10. The average molecular weight is 391 g/mol. The second-order valence-electron chi connectivity index (χ2n) is 5.61. The number of nitrogens with zero attached hydrogens (tertiary/aromatic N) is 1. The van der Waals surface area contributed by atoms with E-state index in [9.17, 15) is 4.79 Å². The smallest absolute Gasteiger partial charge is 0.246 e. The van der Waals surface area contributed by atoms with Crippen molar-refractivity contribution in [2.45, 2.75) is 13.0 Å². The molecule has 0 bridgehead atoms. The Labute approximate surface area is 149 Å². The lowest BCUT2D eigenvalue weighted by atomic mass is 10.2. The first-order valence-electron chi connectivity index (χ1n) is 7.73. The minimum absolute atomic E-state index is 0.0743. The van der Waals surface area contributed by atoms with Gasteiger partial charge in [0.2, 0.25) is 5.91 Å². The number of fused-ring (bicyclic) bond motifs is 1. The maximum Gasteiger partial charge on any atom is 0.246 e. The summed E-state index contributed by atoms with van der Waals surface area (Å²) in [5.74, 6) is 1.38. The van der Waals surface area contributed by atoms with Gasteiger partial charge in [0, 0.05) is 29.0 Å². The monoisotopic (exact) mass is 390 g/mol. The van der Waals surface area contributed by atoms with Crippen LogP contribution in [0.5, 0.6) is 11.5 Å². The number of ether oxygens (including phenoxy) is 2. The zero-order valence-electron chi connectivity index (χ0n) is 13.6. The Balaban J connectivity index is 1.70. The molecule has 1 aliphatic rings. The zero-order chi connectivity index (χ0) is 17.1. The lowest BCUT2D eigenvalue weighted by Gasteiger charge is -2.27. The third kappa shape index (κ3) is 3.64. The number of halogens is 1. The van der Waals surface area contributed by atoms with Crippen LogP contribution in [0.25, 0.3) is 0 Å². The van der Waals surface area contributed by atoms with Crippen LogP contribution in [-0.4, -0.2) is 32.2 Å². The van der Waals surface area contributed by atoms with E-state index < -0.39 is 0 Å². The van der Waals surface area contributed by atoms with Crippen molar-refractivity contribution in [3.05, 3.63) is 46.9 Å². The summed E-state index contributed by atoms with van der Waals surface area (Å²) in [6, 6.07) is 12.9. The van der Waals surface area contributed by atoms with Crippen molar-refractivity contribution in [3.63, 3.8) is 0 Å². The Bertz CT molecular complexity index is 734. The summed E-state index contributed by atoms with van der Waals surface area (Å²) in [5.41, 5.74) is 1.67. The van der Waals surface area contributed by atoms with Gasteiger partial charge in [0.15, 0.2) is 11.5 Å². The highest BCUT2D eigenvalue weighted by Gasteiger charge is 2.21. The molecule has 24 heavy (non-hydrogen) atoms. The molecule has 126 valence electrons. The van der Waals surface area contributed by atoms with Crippen LogP contribution in [0.4, 0.5) is 11.4 Å². The fraction of sp³-hybridized carbons (Fsp3) is 0.278. The second-order valence-corrected chi connectivity index (χ2v) is 6.53. The van der Waals surface area contributed by atoms with Gasteiger partial charge in [-0.3, -0.25) is 4.79 Å². The Kier molecular flexibility index (Phi) is 4.94. The first kappa shape index (κ1) is 16.6. The van der Waals surface area contributed by atoms with Crippen LogP contribution < -0.4 is 19.7 Å². The number of amides is 1. The Morgan fingerprint density at radius 2 is 1.79 bits per heavy atom. The van der Waals surface area contributed by atoms with Gasteiger partial charge >= 0.3 is 0 Å². The summed E-state index contributed by atoms with van der Waals surface area (Å²) in [6.07, 6.45) is 0. The standard InChI is InChI=1S/C18H19BrN2O3/c1-12(18(22)20-14-5-3-13(19)4-6-14)21(2)15-7-8-16-17(11-15)24-10-9-23-16/h3-8,11-12H,9-10H2,1-2H3,(H,20,22). The third-order valence-electron chi connectivity index (χ3n) is 4.01. The number of anilines is 2. The topological polar surface area (TPSA) is 50.8 Å². The molecule has 3 rings (SSSR count). The van der Waals surface area contributed by atoms with Crippen molar-refractivity contribution in [1.29, 1.82) is 0 Å². The number of carbonyl (C=O) groups is 1. The number of rotatable bonds is 4. The summed E-state index contributed by atoms with van der Waals surface area (Å²) in [5, 5.41) is 2.92. The molecular formula is C18H19BrN2O3. The Hall–Kier alpha value is -2.21. The third-order valence-corrected chi connectivity index (χ3v) is 4.53. The molecule has 0 fully saturated rings. The molecule has 1 N–H and O–H groups in total. The van der Waals surface area contributed by atoms with Crippen molar-refractivity contribution in [3.8, 4) is 11.5 Å². The number of likely N-dealkylation sites (N-methyl/N-ethyl adjacent to an activating group) is 1. The second kappa shape index (κ2) is 7.13. The van der Waals surface area contributed by atoms with Crippen molar-refractivity contribution in [2.24, 2.45) is 0 Å². The van der Waals surface area contributed by atoms with Gasteiger partial charge in [-0.2, -0.15) is 0 Å². The van der Waals surface area contributed by atoms with Crippen molar-refractivity contribution in [1.82, 2.24) is 0 Å². The average Bonchev–Trinajstić information content (AvgIpc) is 2.62. The van der Waals surface area contributed by atoms with E-state index in [4.69, 9.17) is 9.47 Å². The van der Waals surface area contributed by atoms with Crippen molar-refractivity contribution < 1.29 is 14.3 Å². The number of nitrogens with one attached hydrogen (secondary N) is 1. The van der Waals surface area contributed by atoms with E-state index in [-0.39, 0.29) is 11.9 Å². The van der Waals surface area contributed by atoms with Crippen LogP contribution in [0.2, 0.25) is 0 Å². The van der Waals surface area contributed by atoms with E-state index in [2.05, 4.69) is 21.2 Å². The molecule has 2 aromatic carbocycles. The van der Waals surface area contributed by atoms with Crippen LogP contribution in [0.3, 0.4) is 0 Å². The molecule has 0 saturated carbocycles. The van der Waals surface area contributed by atoms with Gasteiger partial charge in [-0.15, -0.1) is 0 Å². The van der Waals surface area contributed by atoms with Crippen LogP contribution in [0.15, 0.2) is 46.9 Å². The molecule has 1 aliphatic heterocycles. The van der Waals surface area contributed by atoms with Gasteiger partial charge in [0.25, 0.3) is 0 Å². The summed E-state index contributed by atoms with van der Waals surface area (Å²) < 4.78 is 12.1.